The Morgan fingerprint density at radius 3 is 2.38 bits per heavy atom. The molecule has 1 N–H and O–H groups in total. The van der Waals surface area contributed by atoms with E-state index in [0.29, 0.717) is 39.8 Å². The highest BCUT2D eigenvalue weighted by molar-refractivity contribution is 6.42. The zero-order valence-corrected chi connectivity index (χ0v) is 17.9. The maximum Gasteiger partial charge on any atom is 0.161 e. The van der Waals surface area contributed by atoms with Crippen LogP contribution in [0.25, 0.3) is 0 Å². The van der Waals surface area contributed by atoms with Crippen LogP contribution in [-0.2, 0) is 6.61 Å². The summed E-state index contributed by atoms with van der Waals surface area (Å²) in [4.78, 5) is 0. The molecule has 7 heteroatoms. The summed E-state index contributed by atoms with van der Waals surface area (Å²) in [6.45, 7) is 2.79. The van der Waals surface area contributed by atoms with Gasteiger partial charge < -0.3 is 9.47 Å². The number of hydrazone groups is 1. The fourth-order valence-electron chi connectivity index (χ4n) is 2.49. The van der Waals surface area contributed by atoms with Gasteiger partial charge in [-0.15, -0.1) is 0 Å². The molecule has 0 amide bonds. The Morgan fingerprint density at radius 2 is 1.66 bits per heavy atom. The highest BCUT2D eigenvalue weighted by Crippen LogP contribution is 2.30. The minimum absolute atomic E-state index is 0.350. The predicted molar refractivity (Wildman–Crippen MR) is 121 cm³/mol. The number of hydrogen-bond acceptors (Lipinski definition) is 4. The van der Waals surface area contributed by atoms with Crippen molar-refractivity contribution in [1.29, 1.82) is 0 Å². The number of benzene rings is 3. The molecule has 0 spiro atoms. The van der Waals surface area contributed by atoms with Crippen molar-refractivity contribution < 1.29 is 9.47 Å². The summed E-state index contributed by atoms with van der Waals surface area (Å²) < 4.78 is 11.6. The molecule has 0 unspecified atom stereocenters. The number of rotatable bonds is 8. The van der Waals surface area contributed by atoms with Crippen LogP contribution in [0.1, 0.15) is 18.1 Å². The fraction of sp³-hybridized carbons (Fsp3) is 0.136. The van der Waals surface area contributed by atoms with Gasteiger partial charge >= 0.3 is 0 Å². The third kappa shape index (κ3) is 6.29. The predicted octanol–water partition coefficient (Wildman–Crippen LogP) is 7.07. The summed E-state index contributed by atoms with van der Waals surface area (Å²) in [7, 11) is 0. The SMILES string of the molecule is CCOc1cc(/C=N/Nc2ccc(Cl)cc2)ccc1OCc1ccc(Cl)c(Cl)c1. The van der Waals surface area contributed by atoms with E-state index in [1.54, 1.807) is 30.5 Å². The molecule has 4 nitrogen and oxygen atoms in total. The molecular weight excluding hydrogens is 431 g/mol. The molecule has 0 aromatic heterocycles. The van der Waals surface area contributed by atoms with Crippen LogP contribution in [0.15, 0.2) is 65.8 Å². The molecule has 0 saturated carbocycles. The molecule has 0 aliphatic rings. The average molecular weight is 450 g/mol. The maximum atomic E-state index is 6.06. The lowest BCUT2D eigenvalue weighted by Gasteiger charge is -2.13. The van der Waals surface area contributed by atoms with Gasteiger partial charge in [0.1, 0.15) is 6.61 Å². The summed E-state index contributed by atoms with van der Waals surface area (Å²) in [6.07, 6.45) is 1.71. The minimum atomic E-state index is 0.350. The number of nitrogens with one attached hydrogen (secondary N) is 1. The van der Waals surface area contributed by atoms with Gasteiger partial charge in [0.05, 0.1) is 28.6 Å². The van der Waals surface area contributed by atoms with Crippen LogP contribution in [0, 0.1) is 0 Å². The van der Waals surface area contributed by atoms with Crippen LogP contribution >= 0.6 is 34.8 Å². The van der Waals surface area contributed by atoms with Crippen molar-refractivity contribution in [2.24, 2.45) is 5.10 Å². The highest BCUT2D eigenvalue weighted by atomic mass is 35.5. The van der Waals surface area contributed by atoms with E-state index in [4.69, 9.17) is 44.3 Å². The van der Waals surface area contributed by atoms with Gasteiger partial charge in [-0.2, -0.15) is 5.10 Å². The van der Waals surface area contributed by atoms with Crippen molar-refractivity contribution in [3.63, 3.8) is 0 Å². The molecule has 0 saturated heterocycles. The zero-order valence-electron chi connectivity index (χ0n) is 15.7. The molecular formula is C22H19Cl3N2O2. The molecule has 0 aliphatic heterocycles. The van der Waals surface area contributed by atoms with Crippen LogP contribution in [0.5, 0.6) is 11.5 Å². The monoisotopic (exact) mass is 448 g/mol. The third-order valence-electron chi connectivity index (χ3n) is 3.90. The molecule has 0 aliphatic carbocycles. The summed E-state index contributed by atoms with van der Waals surface area (Å²) in [5, 5.41) is 5.93. The van der Waals surface area contributed by atoms with Crippen LogP contribution in [0.2, 0.25) is 15.1 Å². The third-order valence-corrected chi connectivity index (χ3v) is 4.89. The molecule has 3 aromatic carbocycles. The van der Waals surface area contributed by atoms with Gasteiger partial charge in [-0.25, -0.2) is 0 Å². The van der Waals surface area contributed by atoms with Crippen LogP contribution < -0.4 is 14.9 Å². The lowest BCUT2D eigenvalue weighted by atomic mass is 10.2. The molecule has 3 rings (SSSR count). The quantitative estimate of drug-likeness (QED) is 0.295. The first-order valence-electron chi connectivity index (χ1n) is 8.93. The van der Waals surface area contributed by atoms with E-state index in [1.165, 1.54) is 0 Å². The molecule has 29 heavy (non-hydrogen) atoms. The minimum Gasteiger partial charge on any atom is -0.490 e. The summed E-state index contributed by atoms with van der Waals surface area (Å²) >= 11 is 17.9. The van der Waals surface area contributed by atoms with Gasteiger partial charge in [0.25, 0.3) is 0 Å². The van der Waals surface area contributed by atoms with Crippen molar-refractivity contribution in [3.05, 3.63) is 86.9 Å². The molecule has 0 fully saturated rings. The zero-order chi connectivity index (χ0) is 20.6. The molecule has 0 heterocycles. The second-order valence-electron chi connectivity index (χ2n) is 6.05. The number of hydrogen-bond donors (Lipinski definition) is 1. The van der Waals surface area contributed by atoms with Crippen molar-refractivity contribution in [2.75, 3.05) is 12.0 Å². The van der Waals surface area contributed by atoms with Crippen LogP contribution in [0.3, 0.4) is 0 Å². The van der Waals surface area contributed by atoms with Crippen LogP contribution in [0.4, 0.5) is 5.69 Å². The lowest BCUT2D eigenvalue weighted by molar-refractivity contribution is 0.269. The second kappa shape index (κ2) is 10.4. The Balaban J connectivity index is 1.67. The molecule has 3 aromatic rings. The van der Waals surface area contributed by atoms with Crippen LogP contribution in [-0.4, -0.2) is 12.8 Å². The van der Waals surface area contributed by atoms with Gasteiger partial charge in [-0.1, -0.05) is 40.9 Å². The second-order valence-corrected chi connectivity index (χ2v) is 7.30. The first kappa shape index (κ1) is 21.3. The van der Waals surface area contributed by atoms with E-state index < -0.39 is 0 Å². The van der Waals surface area contributed by atoms with E-state index in [2.05, 4.69) is 10.5 Å². The summed E-state index contributed by atoms with van der Waals surface area (Å²) in [6, 6.07) is 18.3. The topological polar surface area (TPSA) is 42.8 Å². The molecule has 0 atom stereocenters. The number of halogens is 3. The molecule has 0 radical (unpaired) electrons. The molecule has 0 bridgehead atoms. The normalized spacial score (nSPS) is 10.9. The van der Waals surface area contributed by atoms with Gasteiger partial charge in [0.15, 0.2) is 11.5 Å². The van der Waals surface area contributed by atoms with Crippen molar-refractivity contribution >= 4 is 46.7 Å². The summed E-state index contributed by atoms with van der Waals surface area (Å²) in [5.74, 6) is 1.28. The number of nitrogens with zero attached hydrogens (tertiary/aromatic N) is 1. The van der Waals surface area contributed by atoms with Crippen molar-refractivity contribution in [3.8, 4) is 11.5 Å². The van der Waals surface area contributed by atoms with Crippen molar-refractivity contribution in [1.82, 2.24) is 0 Å². The average Bonchev–Trinajstić information content (AvgIpc) is 2.71. The first-order valence-corrected chi connectivity index (χ1v) is 10.1. The number of anilines is 1. The van der Waals surface area contributed by atoms with Gasteiger partial charge in [0, 0.05) is 5.02 Å². The van der Waals surface area contributed by atoms with Gasteiger partial charge in [-0.05, 0) is 72.6 Å². The molecule has 150 valence electrons. The van der Waals surface area contributed by atoms with Gasteiger partial charge in [0.2, 0.25) is 0 Å². The Morgan fingerprint density at radius 1 is 0.862 bits per heavy atom. The Bertz CT molecular complexity index is 992. The maximum absolute atomic E-state index is 6.06. The van der Waals surface area contributed by atoms with Crippen molar-refractivity contribution in [2.45, 2.75) is 13.5 Å². The largest absolute Gasteiger partial charge is 0.490 e. The Labute approximate surface area is 185 Å². The van der Waals surface area contributed by atoms with E-state index >= 15 is 0 Å². The van der Waals surface area contributed by atoms with E-state index in [1.807, 2.05) is 43.3 Å². The summed E-state index contributed by atoms with van der Waals surface area (Å²) in [5.41, 5.74) is 5.59. The van der Waals surface area contributed by atoms with Gasteiger partial charge in [-0.3, -0.25) is 5.43 Å². The Kier molecular flexibility index (Phi) is 7.64. The Hall–Kier alpha value is -2.40. The first-order chi connectivity index (χ1) is 14.0. The number of ether oxygens (including phenoxy) is 2. The smallest absolute Gasteiger partial charge is 0.161 e. The standard InChI is InChI=1S/C22H19Cl3N2O2/c1-2-28-22-12-15(13-26-27-18-7-5-17(23)6-8-18)4-10-21(22)29-14-16-3-9-19(24)20(25)11-16/h3-13,27H,2,14H2,1H3/b26-13+. The lowest BCUT2D eigenvalue weighted by Crippen LogP contribution is -2.01. The fourth-order valence-corrected chi connectivity index (χ4v) is 2.94. The highest BCUT2D eigenvalue weighted by Gasteiger charge is 2.07. The van der Waals surface area contributed by atoms with E-state index in [0.717, 1.165) is 16.8 Å². The van der Waals surface area contributed by atoms with E-state index in [-0.39, 0.29) is 0 Å². The van der Waals surface area contributed by atoms with E-state index in [9.17, 15) is 0 Å².